The molecule has 16 heavy (non-hydrogen) atoms. The lowest BCUT2D eigenvalue weighted by atomic mass is 10.4. The first-order valence-corrected chi connectivity index (χ1v) is 6.97. The van der Waals surface area contributed by atoms with Crippen molar-refractivity contribution in [1.29, 1.82) is 0 Å². The molecule has 2 rings (SSSR count). The minimum absolute atomic E-state index is 0.269. The average molecular weight is 275 g/mol. The van der Waals surface area contributed by atoms with Crippen LogP contribution in [0.2, 0.25) is 5.28 Å². The number of thioether (sulfide) groups is 2. The van der Waals surface area contributed by atoms with Crippen molar-refractivity contribution < 1.29 is 0 Å². The normalized spacial score (nSPS) is 14.8. The summed E-state index contributed by atoms with van der Waals surface area (Å²) in [4.78, 5) is 9.39. The van der Waals surface area contributed by atoms with Gasteiger partial charge >= 0.3 is 0 Å². The largest absolute Gasteiger partial charge is 0.248 e. The van der Waals surface area contributed by atoms with E-state index < -0.39 is 0 Å². The molecule has 0 aliphatic carbocycles. The van der Waals surface area contributed by atoms with Crippen LogP contribution >= 0.6 is 35.1 Å². The summed E-state index contributed by atoms with van der Waals surface area (Å²) in [6.07, 6.45) is 0. The highest BCUT2D eigenvalue weighted by atomic mass is 35.5. The van der Waals surface area contributed by atoms with Crippen LogP contribution in [0.25, 0.3) is 0 Å². The van der Waals surface area contributed by atoms with E-state index in [0.717, 1.165) is 26.5 Å². The number of hydrazone groups is 1. The van der Waals surface area contributed by atoms with Crippen LogP contribution in [0.3, 0.4) is 0 Å². The standard InChI is InChI=1S/C9H11ClN4S2/c1-4-15-9-13-14(3)7-6(16-9)5(2)11-8(10)12-7/h4H2,1-3H3. The molecular weight excluding hydrogens is 264 g/mol. The van der Waals surface area contributed by atoms with Crippen molar-refractivity contribution in [2.24, 2.45) is 5.10 Å². The number of nitrogens with zero attached hydrogens (tertiary/aromatic N) is 4. The van der Waals surface area contributed by atoms with Crippen molar-refractivity contribution in [2.45, 2.75) is 18.7 Å². The van der Waals surface area contributed by atoms with E-state index in [1.165, 1.54) is 0 Å². The van der Waals surface area contributed by atoms with Crippen molar-refractivity contribution in [3.63, 3.8) is 0 Å². The molecule has 0 fully saturated rings. The maximum Gasteiger partial charge on any atom is 0.224 e. The fourth-order valence-electron chi connectivity index (χ4n) is 1.31. The number of fused-ring (bicyclic) bond motifs is 1. The summed E-state index contributed by atoms with van der Waals surface area (Å²) in [5, 5.41) is 6.45. The molecule has 0 saturated carbocycles. The molecule has 1 aromatic heterocycles. The summed E-state index contributed by atoms with van der Waals surface area (Å²) in [5.74, 6) is 1.78. The van der Waals surface area contributed by atoms with Crippen molar-refractivity contribution in [2.75, 3.05) is 17.8 Å². The zero-order valence-electron chi connectivity index (χ0n) is 9.19. The first-order chi connectivity index (χ1) is 7.61. The Balaban J connectivity index is 2.41. The third-order valence-corrected chi connectivity index (χ3v) is 4.31. The summed E-state index contributed by atoms with van der Waals surface area (Å²) in [5.41, 5.74) is 0.899. The Bertz CT molecular complexity index is 449. The minimum Gasteiger partial charge on any atom is -0.248 e. The molecule has 1 aliphatic rings. The van der Waals surface area contributed by atoms with Crippen LogP contribution in [0, 0.1) is 6.92 Å². The molecule has 0 amide bonds. The lowest BCUT2D eigenvalue weighted by Gasteiger charge is -2.23. The molecule has 0 bridgehead atoms. The maximum absolute atomic E-state index is 5.83. The van der Waals surface area contributed by atoms with Crippen molar-refractivity contribution >= 4 is 45.3 Å². The van der Waals surface area contributed by atoms with Crippen molar-refractivity contribution in [1.82, 2.24) is 9.97 Å². The first kappa shape index (κ1) is 12.0. The zero-order valence-corrected chi connectivity index (χ0v) is 11.6. The highest BCUT2D eigenvalue weighted by Gasteiger charge is 2.22. The molecule has 0 radical (unpaired) electrons. The van der Waals surface area contributed by atoms with Crippen molar-refractivity contribution in [3.05, 3.63) is 11.0 Å². The third kappa shape index (κ3) is 2.28. The lowest BCUT2D eigenvalue weighted by Crippen LogP contribution is -2.18. The number of rotatable bonds is 1. The Kier molecular flexibility index (Phi) is 3.61. The number of hydrogen-bond donors (Lipinski definition) is 0. The molecule has 2 heterocycles. The van der Waals surface area contributed by atoms with Crippen LogP contribution in [-0.2, 0) is 0 Å². The van der Waals surface area contributed by atoms with Gasteiger partial charge in [-0.25, -0.2) is 9.99 Å². The van der Waals surface area contributed by atoms with Gasteiger partial charge < -0.3 is 0 Å². The van der Waals surface area contributed by atoms with Crippen LogP contribution in [-0.4, -0.2) is 27.1 Å². The van der Waals surface area contributed by atoms with Gasteiger partial charge in [-0.05, 0) is 24.3 Å². The zero-order chi connectivity index (χ0) is 11.7. The molecule has 4 nitrogen and oxygen atoms in total. The van der Waals surface area contributed by atoms with E-state index in [1.54, 1.807) is 28.5 Å². The molecule has 0 aromatic carbocycles. The van der Waals surface area contributed by atoms with Crippen LogP contribution in [0.1, 0.15) is 12.6 Å². The molecule has 0 saturated heterocycles. The highest BCUT2D eigenvalue weighted by Crippen LogP contribution is 2.38. The summed E-state index contributed by atoms with van der Waals surface area (Å²) < 4.78 is 1.02. The number of hydrogen-bond acceptors (Lipinski definition) is 6. The molecule has 0 unspecified atom stereocenters. The maximum atomic E-state index is 5.83. The monoisotopic (exact) mass is 274 g/mol. The van der Waals surface area contributed by atoms with Crippen LogP contribution in [0.4, 0.5) is 5.82 Å². The second kappa shape index (κ2) is 4.81. The SMILES string of the molecule is CCSC1=NN(C)c2nc(Cl)nc(C)c2S1. The molecule has 86 valence electrons. The van der Waals surface area contributed by atoms with Gasteiger partial charge in [-0.15, -0.1) is 0 Å². The molecule has 1 aliphatic heterocycles. The van der Waals surface area contributed by atoms with E-state index in [2.05, 4.69) is 22.0 Å². The van der Waals surface area contributed by atoms with Crippen LogP contribution < -0.4 is 5.01 Å². The minimum atomic E-state index is 0.269. The summed E-state index contributed by atoms with van der Waals surface area (Å²) in [6, 6.07) is 0. The molecule has 0 atom stereocenters. The number of aryl methyl sites for hydroxylation is 1. The van der Waals surface area contributed by atoms with E-state index in [1.807, 2.05) is 14.0 Å². The van der Waals surface area contributed by atoms with E-state index in [4.69, 9.17) is 11.6 Å². The number of halogens is 1. The predicted molar refractivity (Wildman–Crippen MR) is 71.6 cm³/mol. The number of anilines is 1. The molecular formula is C9H11ClN4S2. The number of aromatic nitrogens is 2. The summed E-state index contributed by atoms with van der Waals surface area (Å²) in [7, 11) is 1.87. The fraction of sp³-hybridized carbons (Fsp3) is 0.444. The quantitative estimate of drug-likeness (QED) is 0.737. The van der Waals surface area contributed by atoms with Crippen molar-refractivity contribution in [3.8, 4) is 0 Å². The topological polar surface area (TPSA) is 41.4 Å². The Morgan fingerprint density at radius 3 is 2.88 bits per heavy atom. The van der Waals surface area contributed by atoms with Gasteiger partial charge in [0.25, 0.3) is 0 Å². The molecule has 0 N–H and O–H groups in total. The van der Waals surface area contributed by atoms with Gasteiger partial charge in [-0.2, -0.15) is 10.1 Å². The second-order valence-electron chi connectivity index (χ2n) is 3.16. The highest BCUT2D eigenvalue weighted by molar-refractivity contribution is 8.39. The Labute approximate surface area is 108 Å². The molecule has 1 aromatic rings. The van der Waals surface area contributed by atoms with Gasteiger partial charge in [-0.3, -0.25) is 0 Å². The van der Waals surface area contributed by atoms with Gasteiger partial charge in [0, 0.05) is 7.05 Å². The summed E-state index contributed by atoms with van der Waals surface area (Å²) in [6.45, 7) is 4.04. The van der Waals surface area contributed by atoms with E-state index in [9.17, 15) is 0 Å². The molecule has 7 heteroatoms. The van der Waals surface area contributed by atoms with Gasteiger partial charge in [-0.1, -0.05) is 30.4 Å². The van der Waals surface area contributed by atoms with E-state index in [-0.39, 0.29) is 5.28 Å². The second-order valence-corrected chi connectivity index (χ2v) is 6.00. The van der Waals surface area contributed by atoms with E-state index >= 15 is 0 Å². The van der Waals surface area contributed by atoms with Gasteiger partial charge in [0.05, 0.1) is 10.6 Å². The Hall–Kier alpha value is -0.460. The van der Waals surface area contributed by atoms with Gasteiger partial charge in [0.1, 0.15) is 0 Å². The predicted octanol–water partition coefficient (Wildman–Crippen LogP) is 3.00. The Morgan fingerprint density at radius 1 is 1.44 bits per heavy atom. The fourth-order valence-corrected chi connectivity index (χ4v) is 3.59. The molecule has 0 spiro atoms. The lowest BCUT2D eigenvalue weighted by molar-refractivity contribution is 0.911. The Morgan fingerprint density at radius 2 is 2.19 bits per heavy atom. The first-order valence-electron chi connectivity index (χ1n) is 4.79. The summed E-state index contributed by atoms with van der Waals surface area (Å²) >= 11 is 9.16. The van der Waals surface area contributed by atoms with E-state index in [0.29, 0.717) is 0 Å². The van der Waals surface area contributed by atoms with Crippen LogP contribution in [0.5, 0.6) is 0 Å². The van der Waals surface area contributed by atoms with Gasteiger partial charge in [0.15, 0.2) is 10.2 Å². The van der Waals surface area contributed by atoms with Gasteiger partial charge in [0.2, 0.25) is 5.28 Å². The third-order valence-electron chi connectivity index (χ3n) is 1.99. The van der Waals surface area contributed by atoms with Crippen LogP contribution in [0.15, 0.2) is 10.00 Å². The smallest absolute Gasteiger partial charge is 0.224 e. The average Bonchev–Trinajstić information content (AvgIpc) is 2.20.